The van der Waals surface area contributed by atoms with Crippen LogP contribution < -0.4 is 5.32 Å². The maximum absolute atomic E-state index is 4.12. The van der Waals surface area contributed by atoms with Crippen molar-refractivity contribution in [2.24, 2.45) is 12.5 Å². The maximum atomic E-state index is 4.12. The average molecular weight is 182 g/mol. The van der Waals surface area contributed by atoms with Crippen LogP contribution in [0.1, 0.15) is 26.6 Å². The summed E-state index contributed by atoms with van der Waals surface area (Å²) in [6.45, 7) is 6.59. The molecule has 0 saturated heterocycles. The Morgan fingerprint density at radius 3 is 2.31 bits per heavy atom. The highest BCUT2D eigenvalue weighted by Gasteiger charge is 2.16. The molecule has 1 aromatic rings. The molecule has 4 heteroatoms. The molecule has 0 amide bonds. The quantitative estimate of drug-likeness (QED) is 0.752. The minimum atomic E-state index is 0.256. The van der Waals surface area contributed by atoms with Gasteiger partial charge in [0.15, 0.2) is 0 Å². The Kier molecular flexibility index (Phi) is 2.59. The van der Waals surface area contributed by atoms with Crippen LogP contribution in [-0.2, 0) is 13.5 Å². The van der Waals surface area contributed by atoms with Crippen LogP contribution in [0.25, 0.3) is 0 Å². The van der Waals surface area contributed by atoms with E-state index in [4.69, 9.17) is 0 Å². The lowest BCUT2D eigenvalue weighted by atomic mass is 9.92. The zero-order valence-electron chi connectivity index (χ0n) is 9.05. The molecule has 0 bridgehead atoms. The van der Waals surface area contributed by atoms with Crippen LogP contribution >= 0.6 is 0 Å². The minimum Gasteiger partial charge on any atom is -0.357 e. The standard InChI is InChI=1S/C9H18N4/c1-9(2,3)6-7-11-12-8(10-4)13(7)5/h6H2,1-5H3,(H,10,12). The van der Waals surface area contributed by atoms with E-state index in [-0.39, 0.29) is 5.41 Å². The molecule has 4 nitrogen and oxygen atoms in total. The van der Waals surface area contributed by atoms with Crippen LogP contribution in [0.3, 0.4) is 0 Å². The molecule has 0 radical (unpaired) electrons. The molecular formula is C9H18N4. The van der Waals surface area contributed by atoms with Gasteiger partial charge >= 0.3 is 0 Å². The molecule has 0 saturated carbocycles. The fourth-order valence-corrected chi connectivity index (χ4v) is 1.21. The van der Waals surface area contributed by atoms with Gasteiger partial charge in [-0.3, -0.25) is 0 Å². The van der Waals surface area contributed by atoms with E-state index in [0.717, 1.165) is 18.2 Å². The molecule has 13 heavy (non-hydrogen) atoms. The summed E-state index contributed by atoms with van der Waals surface area (Å²) in [5.74, 6) is 1.84. The minimum absolute atomic E-state index is 0.256. The Balaban J connectivity index is 2.84. The number of rotatable bonds is 2. The summed E-state index contributed by atoms with van der Waals surface area (Å²) in [5, 5.41) is 11.1. The second kappa shape index (κ2) is 3.36. The van der Waals surface area contributed by atoms with Crippen molar-refractivity contribution in [1.29, 1.82) is 0 Å². The van der Waals surface area contributed by atoms with Crippen LogP contribution in [0.4, 0.5) is 5.95 Å². The Bertz CT molecular complexity index is 282. The number of hydrogen-bond acceptors (Lipinski definition) is 3. The molecule has 0 spiro atoms. The van der Waals surface area contributed by atoms with Crippen molar-refractivity contribution in [3.8, 4) is 0 Å². The lowest BCUT2D eigenvalue weighted by Gasteiger charge is -2.16. The van der Waals surface area contributed by atoms with Crippen molar-refractivity contribution in [3.05, 3.63) is 5.82 Å². The van der Waals surface area contributed by atoms with Gasteiger partial charge in [0.2, 0.25) is 5.95 Å². The third-order valence-corrected chi connectivity index (χ3v) is 1.88. The van der Waals surface area contributed by atoms with Crippen LogP contribution in [0.15, 0.2) is 0 Å². The fourth-order valence-electron chi connectivity index (χ4n) is 1.21. The summed E-state index contributed by atoms with van der Waals surface area (Å²) in [6, 6.07) is 0. The van der Waals surface area contributed by atoms with Gasteiger partial charge in [-0.1, -0.05) is 20.8 Å². The van der Waals surface area contributed by atoms with E-state index in [9.17, 15) is 0 Å². The topological polar surface area (TPSA) is 42.7 Å². The van der Waals surface area contributed by atoms with Gasteiger partial charge in [-0.25, -0.2) is 0 Å². The van der Waals surface area contributed by atoms with Crippen LogP contribution in [0.2, 0.25) is 0 Å². The number of aromatic nitrogens is 3. The maximum Gasteiger partial charge on any atom is 0.224 e. The molecule has 0 aliphatic carbocycles. The average Bonchev–Trinajstić information content (AvgIpc) is 2.30. The van der Waals surface area contributed by atoms with Gasteiger partial charge in [0.25, 0.3) is 0 Å². The molecule has 0 aromatic carbocycles. The smallest absolute Gasteiger partial charge is 0.224 e. The summed E-state index contributed by atoms with van der Waals surface area (Å²) in [6.07, 6.45) is 0.943. The van der Waals surface area contributed by atoms with E-state index >= 15 is 0 Å². The predicted molar refractivity (Wildman–Crippen MR) is 53.7 cm³/mol. The summed E-state index contributed by atoms with van der Waals surface area (Å²) < 4.78 is 1.99. The van der Waals surface area contributed by atoms with E-state index < -0.39 is 0 Å². The van der Waals surface area contributed by atoms with Crippen molar-refractivity contribution in [2.45, 2.75) is 27.2 Å². The first-order valence-corrected chi connectivity index (χ1v) is 4.50. The molecule has 1 rings (SSSR count). The van der Waals surface area contributed by atoms with Gasteiger partial charge in [0, 0.05) is 20.5 Å². The Labute approximate surface area is 79.4 Å². The van der Waals surface area contributed by atoms with Gasteiger partial charge in [-0.05, 0) is 5.41 Å². The summed E-state index contributed by atoms with van der Waals surface area (Å²) in [4.78, 5) is 0. The van der Waals surface area contributed by atoms with Crippen molar-refractivity contribution in [3.63, 3.8) is 0 Å². The Hall–Kier alpha value is -1.06. The highest BCUT2D eigenvalue weighted by atomic mass is 15.3. The van der Waals surface area contributed by atoms with E-state index in [1.807, 2.05) is 18.7 Å². The summed E-state index contributed by atoms with van der Waals surface area (Å²) >= 11 is 0. The van der Waals surface area contributed by atoms with E-state index in [1.54, 1.807) is 0 Å². The monoisotopic (exact) mass is 182 g/mol. The van der Waals surface area contributed by atoms with Crippen molar-refractivity contribution >= 4 is 5.95 Å². The Morgan fingerprint density at radius 2 is 1.92 bits per heavy atom. The molecule has 0 atom stereocenters. The number of nitrogens with one attached hydrogen (secondary N) is 1. The van der Waals surface area contributed by atoms with Crippen LogP contribution in [-0.4, -0.2) is 21.8 Å². The lowest BCUT2D eigenvalue weighted by Crippen LogP contribution is -2.13. The van der Waals surface area contributed by atoms with Crippen LogP contribution in [0, 0.1) is 5.41 Å². The molecule has 1 N–H and O–H groups in total. The van der Waals surface area contributed by atoms with Crippen molar-refractivity contribution in [1.82, 2.24) is 14.8 Å². The second-order valence-corrected chi connectivity index (χ2v) is 4.49. The Morgan fingerprint density at radius 1 is 1.31 bits per heavy atom. The highest BCUT2D eigenvalue weighted by molar-refractivity contribution is 5.23. The molecule has 1 heterocycles. The third kappa shape index (κ3) is 2.44. The molecule has 74 valence electrons. The van der Waals surface area contributed by atoms with Crippen molar-refractivity contribution < 1.29 is 0 Å². The second-order valence-electron chi connectivity index (χ2n) is 4.49. The van der Waals surface area contributed by atoms with Crippen LogP contribution in [0.5, 0.6) is 0 Å². The SMILES string of the molecule is CNc1nnc(CC(C)(C)C)n1C. The molecule has 0 aliphatic rings. The van der Waals surface area contributed by atoms with E-state index in [0.29, 0.717) is 0 Å². The lowest BCUT2D eigenvalue weighted by molar-refractivity contribution is 0.395. The first-order valence-electron chi connectivity index (χ1n) is 4.50. The normalized spacial score (nSPS) is 11.8. The molecule has 0 unspecified atom stereocenters. The largest absolute Gasteiger partial charge is 0.357 e. The van der Waals surface area contributed by atoms with E-state index in [2.05, 4.69) is 36.3 Å². The highest BCUT2D eigenvalue weighted by Crippen LogP contribution is 2.19. The molecule has 0 fully saturated rings. The van der Waals surface area contributed by atoms with Gasteiger partial charge in [-0.15, -0.1) is 10.2 Å². The number of hydrogen-bond donors (Lipinski definition) is 1. The zero-order chi connectivity index (χ0) is 10.1. The molecule has 1 aromatic heterocycles. The summed E-state index contributed by atoms with van der Waals surface area (Å²) in [7, 11) is 3.83. The van der Waals surface area contributed by atoms with E-state index in [1.165, 1.54) is 0 Å². The first kappa shape index (κ1) is 10.0. The predicted octanol–water partition coefficient (Wildman–Crippen LogP) is 1.45. The number of anilines is 1. The van der Waals surface area contributed by atoms with Gasteiger partial charge in [-0.2, -0.15) is 0 Å². The first-order chi connectivity index (χ1) is 5.94. The van der Waals surface area contributed by atoms with Gasteiger partial charge < -0.3 is 9.88 Å². The third-order valence-electron chi connectivity index (χ3n) is 1.88. The number of nitrogens with zero attached hydrogens (tertiary/aromatic N) is 3. The van der Waals surface area contributed by atoms with Gasteiger partial charge in [0.05, 0.1) is 0 Å². The molecular weight excluding hydrogens is 164 g/mol. The molecule has 0 aliphatic heterocycles. The van der Waals surface area contributed by atoms with Crippen molar-refractivity contribution in [2.75, 3.05) is 12.4 Å². The zero-order valence-corrected chi connectivity index (χ0v) is 9.05. The fraction of sp³-hybridized carbons (Fsp3) is 0.778. The summed E-state index contributed by atoms with van der Waals surface area (Å²) in [5.41, 5.74) is 0.256. The van der Waals surface area contributed by atoms with Gasteiger partial charge in [0.1, 0.15) is 5.82 Å².